The first-order valence-electron chi connectivity index (χ1n) is 9.92. The molecule has 1 atom stereocenters. The molecule has 0 radical (unpaired) electrons. The third-order valence-corrected chi connectivity index (χ3v) is 7.38. The molecule has 0 amide bonds. The summed E-state index contributed by atoms with van der Waals surface area (Å²) in [7, 11) is -1.49. The average Bonchev–Trinajstić information content (AvgIpc) is 3.00. The van der Waals surface area contributed by atoms with Gasteiger partial charge in [-0.25, -0.2) is 13.6 Å². The van der Waals surface area contributed by atoms with Crippen molar-refractivity contribution >= 4 is 27.6 Å². The van der Waals surface area contributed by atoms with E-state index in [2.05, 4.69) is 4.40 Å². The zero-order chi connectivity index (χ0) is 21.0. The minimum absolute atomic E-state index is 0.170. The Labute approximate surface area is 171 Å². The van der Waals surface area contributed by atoms with Gasteiger partial charge < -0.3 is 4.74 Å². The van der Waals surface area contributed by atoms with E-state index in [-0.39, 0.29) is 16.4 Å². The Bertz CT molecular complexity index is 1100. The number of hydrogen-bond donors (Lipinski definition) is 0. The van der Waals surface area contributed by atoms with Crippen molar-refractivity contribution in [2.24, 2.45) is 4.40 Å². The third-order valence-electron chi connectivity index (χ3n) is 5.90. The molecule has 1 spiro atoms. The number of benzene rings is 1. The molecular formula is C21H26FN3O3S. The van der Waals surface area contributed by atoms with Crippen LogP contribution < -0.4 is 5.56 Å². The number of nitrogens with zero attached hydrogens (tertiary/aromatic N) is 3. The maximum atomic E-state index is 14.4. The van der Waals surface area contributed by atoms with Crippen molar-refractivity contribution in [1.29, 1.82) is 0 Å². The van der Waals surface area contributed by atoms with Gasteiger partial charge in [0.2, 0.25) is 0 Å². The Kier molecular flexibility index (Phi) is 4.98. The second-order valence-electron chi connectivity index (χ2n) is 8.92. The molecule has 0 saturated carbocycles. The van der Waals surface area contributed by atoms with Crippen molar-refractivity contribution in [1.82, 2.24) is 9.55 Å². The Hall–Kier alpha value is -1.93. The van der Waals surface area contributed by atoms with Crippen LogP contribution in [0, 0.1) is 5.82 Å². The van der Waals surface area contributed by atoms with Crippen LogP contribution >= 0.6 is 0 Å². The summed E-state index contributed by atoms with van der Waals surface area (Å²) in [4.78, 5) is 18.1. The van der Waals surface area contributed by atoms with Crippen LogP contribution in [0.2, 0.25) is 0 Å². The number of rotatable bonds is 2. The molecule has 1 fully saturated rings. The monoisotopic (exact) mass is 419 g/mol. The smallest absolute Gasteiger partial charge is 0.261 e. The molecule has 2 aliphatic rings. The molecule has 0 bridgehead atoms. The van der Waals surface area contributed by atoms with Gasteiger partial charge in [-0.1, -0.05) is 0 Å². The van der Waals surface area contributed by atoms with Crippen molar-refractivity contribution < 1.29 is 13.3 Å². The van der Waals surface area contributed by atoms with Gasteiger partial charge in [0.05, 0.1) is 21.4 Å². The molecule has 0 N–H and O–H groups in total. The maximum Gasteiger partial charge on any atom is 0.261 e. The molecule has 8 heteroatoms. The van der Waals surface area contributed by atoms with Crippen molar-refractivity contribution in [2.75, 3.05) is 13.2 Å². The van der Waals surface area contributed by atoms with Crippen LogP contribution in [0.5, 0.6) is 0 Å². The first-order valence-corrected chi connectivity index (χ1v) is 11.0. The summed E-state index contributed by atoms with van der Waals surface area (Å²) in [6, 6.07) is 2.57. The summed E-state index contributed by atoms with van der Waals surface area (Å²) in [6.45, 7) is 9.06. The molecule has 0 unspecified atom stereocenters. The van der Waals surface area contributed by atoms with Gasteiger partial charge in [-0.05, 0) is 59.1 Å². The first kappa shape index (κ1) is 20.3. The molecular weight excluding hydrogens is 393 g/mol. The molecule has 1 aromatic carbocycles. The van der Waals surface area contributed by atoms with E-state index in [1.807, 2.05) is 20.8 Å². The number of aromatic nitrogens is 2. The normalized spacial score (nSPS) is 20.2. The topological polar surface area (TPSA) is 73.5 Å². The molecule has 1 saturated heterocycles. The number of hydrogen-bond acceptors (Lipinski definition) is 4. The Balaban J connectivity index is 1.94. The van der Waals surface area contributed by atoms with E-state index in [0.29, 0.717) is 36.6 Å². The highest BCUT2D eigenvalue weighted by atomic mass is 32.2. The number of halogens is 1. The lowest BCUT2D eigenvalue weighted by atomic mass is 9.78. The predicted molar refractivity (Wildman–Crippen MR) is 112 cm³/mol. The van der Waals surface area contributed by atoms with Crippen LogP contribution in [0.1, 0.15) is 58.3 Å². The van der Waals surface area contributed by atoms with Gasteiger partial charge >= 0.3 is 0 Å². The van der Waals surface area contributed by atoms with Gasteiger partial charge in [0.25, 0.3) is 5.56 Å². The predicted octanol–water partition coefficient (Wildman–Crippen LogP) is 3.26. The van der Waals surface area contributed by atoms with Crippen molar-refractivity contribution in [3.8, 4) is 0 Å². The minimum atomic E-state index is -1.49. The fourth-order valence-electron chi connectivity index (χ4n) is 4.16. The van der Waals surface area contributed by atoms with Crippen molar-refractivity contribution in [2.45, 2.75) is 63.7 Å². The average molecular weight is 420 g/mol. The van der Waals surface area contributed by atoms with Crippen molar-refractivity contribution in [3.63, 3.8) is 0 Å². The van der Waals surface area contributed by atoms with E-state index in [0.717, 1.165) is 25.1 Å². The summed E-state index contributed by atoms with van der Waals surface area (Å²) in [5.41, 5.74) is 0.878. The molecule has 156 valence electrons. The molecule has 1 aromatic heterocycles. The van der Waals surface area contributed by atoms with E-state index in [1.54, 1.807) is 11.5 Å². The highest BCUT2D eigenvalue weighted by Gasteiger charge is 2.43. The second kappa shape index (κ2) is 7.09. The van der Waals surface area contributed by atoms with Gasteiger partial charge in [-0.3, -0.25) is 9.36 Å². The Morgan fingerprint density at radius 2 is 1.97 bits per heavy atom. The summed E-state index contributed by atoms with van der Waals surface area (Å²) >= 11 is 0. The van der Waals surface area contributed by atoms with Crippen LogP contribution in [0.25, 0.3) is 10.9 Å². The Morgan fingerprint density at radius 1 is 1.28 bits per heavy atom. The zero-order valence-corrected chi connectivity index (χ0v) is 18.1. The quantitative estimate of drug-likeness (QED) is 0.701. The van der Waals surface area contributed by atoms with Crippen LogP contribution in [0.3, 0.4) is 0 Å². The molecule has 2 aromatic rings. The summed E-state index contributed by atoms with van der Waals surface area (Å²) in [5, 5.41) is 0.240. The largest absolute Gasteiger partial charge is 0.381 e. The molecule has 6 nitrogen and oxygen atoms in total. The summed E-state index contributed by atoms with van der Waals surface area (Å²) < 4.78 is 37.8. The fraction of sp³-hybridized carbons (Fsp3) is 0.571. The van der Waals surface area contributed by atoms with E-state index in [9.17, 15) is 13.4 Å². The first-order chi connectivity index (χ1) is 13.6. The lowest BCUT2D eigenvalue weighted by Gasteiger charge is -2.32. The second-order valence-corrected chi connectivity index (χ2v) is 10.8. The molecule has 4 rings (SSSR count). The molecule has 29 heavy (non-hydrogen) atoms. The number of fused-ring (bicyclic) bond motifs is 3. The van der Waals surface area contributed by atoms with E-state index in [4.69, 9.17) is 9.72 Å². The summed E-state index contributed by atoms with van der Waals surface area (Å²) in [6.07, 6.45) is 2.49. The third kappa shape index (κ3) is 3.46. The zero-order valence-electron chi connectivity index (χ0n) is 17.2. The van der Waals surface area contributed by atoms with E-state index < -0.39 is 21.5 Å². The lowest BCUT2D eigenvalue weighted by Crippen LogP contribution is -2.34. The van der Waals surface area contributed by atoms with Crippen LogP contribution in [0.4, 0.5) is 4.39 Å². The highest BCUT2D eigenvalue weighted by molar-refractivity contribution is 7.85. The molecule has 3 heterocycles. The van der Waals surface area contributed by atoms with Crippen molar-refractivity contribution in [3.05, 3.63) is 39.7 Å². The van der Waals surface area contributed by atoms with Gasteiger partial charge in [-0.15, -0.1) is 0 Å². The van der Waals surface area contributed by atoms with E-state index >= 15 is 0 Å². The van der Waals surface area contributed by atoms with Crippen LogP contribution in [0.15, 0.2) is 21.3 Å². The molecule has 0 aliphatic carbocycles. The standard InChI is InChI=1S/C21H26FN3O3S/c1-13(24-29(27)20(2,3)4)15-11-14(22)12-16-17(15)23-19-21(6-9-28-10-7-21)5-8-25(19)18(16)26/h11-12H,5-10H2,1-4H3/t29-/m1/s1. The number of ether oxygens (including phenoxy) is 1. The SMILES string of the molecule is CC(=N[S@](=O)C(C)(C)C)c1cc(F)cc2c(=O)n3c(nc12)C1(CCOCC1)CC3. The minimum Gasteiger partial charge on any atom is -0.381 e. The van der Waals surface area contributed by atoms with Crippen LogP contribution in [-0.4, -0.2) is 37.4 Å². The lowest BCUT2D eigenvalue weighted by molar-refractivity contribution is 0.0492. The van der Waals surface area contributed by atoms with E-state index in [1.165, 1.54) is 12.1 Å². The fourth-order valence-corrected chi connectivity index (χ4v) is 4.78. The molecule has 2 aliphatic heterocycles. The summed E-state index contributed by atoms with van der Waals surface area (Å²) in [5.74, 6) is 0.234. The maximum absolute atomic E-state index is 14.4. The van der Waals surface area contributed by atoms with Gasteiger partial charge in [0.15, 0.2) is 0 Å². The highest BCUT2D eigenvalue weighted by Crippen LogP contribution is 2.41. The van der Waals surface area contributed by atoms with Gasteiger partial charge in [0.1, 0.15) is 22.6 Å². The Morgan fingerprint density at radius 3 is 2.62 bits per heavy atom. The van der Waals surface area contributed by atoms with Crippen LogP contribution in [-0.2, 0) is 27.7 Å². The van der Waals surface area contributed by atoms with Gasteiger partial charge in [-0.2, -0.15) is 4.40 Å². The van der Waals surface area contributed by atoms with Gasteiger partial charge in [0, 0.05) is 30.7 Å².